The Morgan fingerprint density at radius 3 is 2.11 bits per heavy atom. The van der Waals surface area contributed by atoms with E-state index in [0.717, 1.165) is 17.7 Å². The van der Waals surface area contributed by atoms with Crippen LogP contribution in [0.3, 0.4) is 0 Å². The van der Waals surface area contributed by atoms with Crippen LogP contribution in [0.15, 0.2) is 70.8 Å². The number of carbonyl (C=O) groups is 2. The van der Waals surface area contributed by atoms with Crippen LogP contribution in [0.4, 0.5) is 4.39 Å². The van der Waals surface area contributed by atoms with Crippen molar-refractivity contribution in [3.8, 4) is 11.6 Å². The van der Waals surface area contributed by atoms with Gasteiger partial charge in [-0.25, -0.2) is 4.39 Å². The monoisotopic (exact) mass is 849 g/mol. The van der Waals surface area contributed by atoms with E-state index in [1.54, 1.807) is 0 Å². The van der Waals surface area contributed by atoms with Gasteiger partial charge in [0.15, 0.2) is 19.7 Å². The average molecular weight is 850 g/mol. The first kappa shape index (κ1) is 43.0. The Morgan fingerprint density at radius 1 is 0.902 bits per heavy atom. The fourth-order valence-electron chi connectivity index (χ4n) is 9.83. The average Bonchev–Trinajstić information content (AvgIpc) is 3.61. The van der Waals surface area contributed by atoms with Crippen LogP contribution in [0, 0.1) is 23.1 Å². The quantitative estimate of drug-likeness (QED) is 0.122. The summed E-state index contributed by atoms with van der Waals surface area (Å²) >= 11 is 0. The molecule has 0 spiro atoms. The first-order valence-corrected chi connectivity index (χ1v) is 24.5. The third-order valence-corrected chi connectivity index (χ3v) is 18.0. The Labute approximate surface area is 360 Å². The van der Waals surface area contributed by atoms with Gasteiger partial charge in [-0.05, 0) is 84.7 Å². The fourth-order valence-corrected chi connectivity index (χ4v) is 11.3. The molecule has 4 aromatic rings. The normalized spacial score (nSPS) is 23.0. The molecule has 3 aliphatic carbocycles. The van der Waals surface area contributed by atoms with E-state index in [1.807, 2.05) is 92.8 Å². The van der Waals surface area contributed by atoms with Crippen LogP contribution in [-0.2, 0) is 41.8 Å². The van der Waals surface area contributed by atoms with Crippen LogP contribution < -0.4 is 9.47 Å². The molecule has 1 N–H and O–H groups in total. The number of hydrogen-bond donors (Lipinski definition) is 1. The van der Waals surface area contributed by atoms with E-state index in [4.69, 9.17) is 18.4 Å². The summed E-state index contributed by atoms with van der Waals surface area (Å²) < 4.78 is 43.6. The summed E-state index contributed by atoms with van der Waals surface area (Å²) in [5.74, 6) is -2.63. The van der Waals surface area contributed by atoms with E-state index in [0.29, 0.717) is 47.7 Å². The number of ether oxygens (including phenoxy) is 2. The zero-order valence-corrected chi connectivity index (χ0v) is 38.3. The maximum absolute atomic E-state index is 17.3. The summed E-state index contributed by atoms with van der Waals surface area (Å²) in [5, 5.41) is 16.7. The van der Waals surface area contributed by atoms with Crippen molar-refractivity contribution in [1.29, 1.82) is 0 Å². The van der Waals surface area contributed by atoms with Crippen molar-refractivity contribution < 1.29 is 37.5 Å². The lowest BCUT2D eigenvalue weighted by Gasteiger charge is -2.55. The second-order valence-electron chi connectivity index (χ2n) is 20.4. The van der Waals surface area contributed by atoms with Crippen LogP contribution in [-0.4, -0.2) is 72.7 Å². The minimum Gasteiger partial charge on any atom is -0.507 e. The molecular weight excluding hydrogens is 790 g/mol. The van der Waals surface area contributed by atoms with Crippen molar-refractivity contribution in [3.63, 3.8) is 0 Å². The molecule has 0 amide bonds. The predicted molar refractivity (Wildman–Crippen MR) is 235 cm³/mol. The highest BCUT2D eigenvalue weighted by molar-refractivity contribution is 6.74. The zero-order valence-electron chi connectivity index (χ0n) is 37.3. The zero-order chi connectivity index (χ0) is 43.8. The molecule has 0 unspecified atom stereocenters. The molecule has 1 aliphatic heterocycles. The second kappa shape index (κ2) is 15.6. The number of rotatable bonds is 10. The molecule has 0 bridgehead atoms. The summed E-state index contributed by atoms with van der Waals surface area (Å²) in [6, 6.07) is 18.6. The van der Waals surface area contributed by atoms with Gasteiger partial charge in [-0.15, -0.1) is 0 Å². The van der Waals surface area contributed by atoms with Crippen LogP contribution in [0.5, 0.6) is 11.6 Å². The summed E-state index contributed by atoms with van der Waals surface area (Å²) in [6.07, 6.45) is 0.867. The number of Topliss-reactive ketones (excluding diaryl/α,β-unsaturated/α-hetero) is 2. The molecule has 3 aromatic carbocycles. The summed E-state index contributed by atoms with van der Waals surface area (Å²) in [5.41, 5.74) is 1.64. The highest BCUT2D eigenvalue weighted by atomic mass is 28.4. The molecule has 8 rings (SSSR count). The van der Waals surface area contributed by atoms with Crippen LogP contribution >= 0.6 is 0 Å². The van der Waals surface area contributed by atoms with Crippen molar-refractivity contribution in [2.45, 2.75) is 110 Å². The van der Waals surface area contributed by atoms with Crippen LogP contribution in [0.2, 0.25) is 18.1 Å². The molecule has 324 valence electrons. The molecule has 4 aliphatic rings. The number of nitrogens with zero attached hydrogens (tertiary/aromatic N) is 3. The number of hydrogen-bond acceptors (Lipinski definition) is 10. The minimum atomic E-state index is -2.96. The van der Waals surface area contributed by atoms with Gasteiger partial charge >= 0.3 is 0 Å². The van der Waals surface area contributed by atoms with E-state index in [2.05, 4.69) is 51.6 Å². The Balaban J connectivity index is 1.32. The molecule has 4 atom stereocenters. The van der Waals surface area contributed by atoms with Gasteiger partial charge in [0.1, 0.15) is 36.1 Å². The van der Waals surface area contributed by atoms with Gasteiger partial charge in [0, 0.05) is 42.3 Å². The maximum atomic E-state index is 17.3. The number of aliphatic hydroxyl groups is 1. The standard InChI is InChI=1S/C49H60FN3O7Si/c1-47(2,3)28-53-22-21-32-34(25-53)42(57-26-29-17-13-11-14-18-29)37-33(39(32)50)23-31-24-35-40(52(7)8)43-38(46(51-59-43)58-27-30-19-15-12-16-20-30)45(56)49(35,44(55)36(31)41(37)54)60-61(9,10)48(4,5)6/h11-20,31,35,40,54H,21-28H2,1-10H3/t31-,35-,40-,49-/m0/s1. The van der Waals surface area contributed by atoms with Crippen molar-refractivity contribution in [2.75, 3.05) is 27.2 Å². The predicted octanol–water partition coefficient (Wildman–Crippen LogP) is 9.67. The summed E-state index contributed by atoms with van der Waals surface area (Å²) in [7, 11) is 0.795. The fraction of sp³-hybridized carbons (Fsp3) is 0.490. The van der Waals surface area contributed by atoms with Crippen LogP contribution in [0.1, 0.15) is 104 Å². The Hall–Kier alpha value is -4.62. The third-order valence-electron chi connectivity index (χ3n) is 13.6. The van der Waals surface area contributed by atoms with Gasteiger partial charge in [0.25, 0.3) is 5.88 Å². The van der Waals surface area contributed by atoms with Crippen LogP contribution in [0.25, 0.3) is 5.76 Å². The first-order chi connectivity index (χ1) is 28.7. The van der Waals surface area contributed by atoms with E-state index in [9.17, 15) is 5.11 Å². The van der Waals surface area contributed by atoms with E-state index in [-0.39, 0.29) is 65.6 Å². The maximum Gasteiger partial charge on any atom is 0.265 e. The second-order valence-corrected chi connectivity index (χ2v) is 25.1. The Bertz CT molecular complexity index is 2380. The number of fused-ring (bicyclic) bond motifs is 5. The van der Waals surface area contributed by atoms with E-state index >= 15 is 14.0 Å². The highest BCUT2D eigenvalue weighted by Gasteiger charge is 2.69. The van der Waals surface area contributed by atoms with Crippen molar-refractivity contribution >= 4 is 25.6 Å². The van der Waals surface area contributed by atoms with E-state index < -0.39 is 48.4 Å². The number of carbonyl (C=O) groups excluding carboxylic acids is 2. The number of halogens is 1. The van der Waals surface area contributed by atoms with Gasteiger partial charge in [0.05, 0.1) is 11.6 Å². The molecule has 0 saturated heterocycles. The summed E-state index contributed by atoms with van der Waals surface area (Å²) in [4.78, 5) is 35.9. The number of ketones is 2. The SMILES string of the molecule is CN(C)[C@@H]1c2onc(OCc3ccccc3)c2C(=O)[C@@]2(O[Si](C)(C)C(C)(C)C)C(=O)C3=C(O)c4c(c(F)c5c(c4OCc4ccccc4)CN(CC(C)(C)C)CC5)C[C@H]3C[C@@H]12. The smallest absolute Gasteiger partial charge is 0.265 e. The molecule has 61 heavy (non-hydrogen) atoms. The van der Waals surface area contributed by atoms with E-state index in [1.165, 1.54) is 0 Å². The molecule has 0 radical (unpaired) electrons. The topological polar surface area (TPSA) is 115 Å². The van der Waals surface area contributed by atoms with Gasteiger partial charge < -0.3 is 23.5 Å². The highest BCUT2D eigenvalue weighted by Crippen LogP contribution is 2.59. The first-order valence-electron chi connectivity index (χ1n) is 21.5. The molecule has 12 heteroatoms. The van der Waals surface area contributed by atoms with Gasteiger partial charge in [-0.2, -0.15) is 0 Å². The number of aromatic nitrogens is 1. The lowest BCUT2D eigenvalue weighted by atomic mass is 9.57. The molecular formula is C49H60FN3O7Si. The summed E-state index contributed by atoms with van der Waals surface area (Å²) in [6.45, 7) is 19.0. The van der Waals surface area contributed by atoms with Crippen molar-refractivity contribution in [1.82, 2.24) is 15.0 Å². The Kier molecular flexibility index (Phi) is 11.0. The van der Waals surface area contributed by atoms with Crippen molar-refractivity contribution in [3.05, 3.63) is 117 Å². The molecule has 1 fully saturated rings. The minimum absolute atomic E-state index is 0.00997. The van der Waals surface area contributed by atoms with Gasteiger partial charge in [-0.1, -0.05) is 102 Å². The number of aliphatic hydroxyl groups excluding tert-OH is 1. The van der Waals surface area contributed by atoms with Crippen molar-refractivity contribution in [2.24, 2.45) is 17.3 Å². The molecule has 1 saturated carbocycles. The third kappa shape index (κ3) is 7.47. The molecule has 1 aromatic heterocycles. The van der Waals surface area contributed by atoms with Gasteiger partial charge in [-0.3, -0.25) is 19.4 Å². The van der Waals surface area contributed by atoms with Gasteiger partial charge in [0.2, 0.25) is 11.6 Å². The molecule has 2 heterocycles. The number of benzene rings is 3. The molecule has 10 nitrogen and oxygen atoms in total. The Morgan fingerprint density at radius 2 is 1.52 bits per heavy atom. The largest absolute Gasteiger partial charge is 0.507 e. The lowest BCUT2D eigenvalue weighted by Crippen LogP contribution is -2.68. The lowest BCUT2D eigenvalue weighted by molar-refractivity contribution is -0.140.